The van der Waals surface area contributed by atoms with Gasteiger partial charge in [-0.05, 0) is 51.0 Å². The van der Waals surface area contributed by atoms with Crippen molar-refractivity contribution < 1.29 is 4.79 Å². The van der Waals surface area contributed by atoms with Crippen molar-refractivity contribution in [2.75, 3.05) is 13.1 Å². The molecule has 1 atom stereocenters. The van der Waals surface area contributed by atoms with E-state index in [-0.39, 0.29) is 0 Å². The fourth-order valence-corrected chi connectivity index (χ4v) is 3.66. The van der Waals surface area contributed by atoms with Crippen LogP contribution in [0.5, 0.6) is 0 Å². The first-order valence-electron chi connectivity index (χ1n) is 7.11. The van der Waals surface area contributed by atoms with Crippen LogP contribution in [0.1, 0.15) is 51.4 Å². The van der Waals surface area contributed by atoms with Gasteiger partial charge in [-0.1, -0.05) is 12.8 Å². The van der Waals surface area contributed by atoms with E-state index in [4.69, 9.17) is 0 Å². The summed E-state index contributed by atoms with van der Waals surface area (Å²) >= 11 is 0. The number of rotatable bonds is 4. The minimum atomic E-state index is 0.449. The molecule has 0 aromatic carbocycles. The van der Waals surface area contributed by atoms with E-state index in [2.05, 4.69) is 4.90 Å². The van der Waals surface area contributed by atoms with Crippen LogP contribution in [0.2, 0.25) is 0 Å². The highest BCUT2D eigenvalue weighted by atomic mass is 16.1. The number of hydrogen-bond donors (Lipinski definition) is 0. The summed E-state index contributed by atoms with van der Waals surface area (Å²) < 4.78 is 0. The van der Waals surface area contributed by atoms with E-state index in [1.165, 1.54) is 57.9 Å². The first-order chi connectivity index (χ1) is 7.84. The van der Waals surface area contributed by atoms with Crippen LogP contribution in [-0.2, 0) is 4.79 Å². The highest BCUT2D eigenvalue weighted by Gasteiger charge is 2.37. The van der Waals surface area contributed by atoms with Crippen molar-refractivity contribution in [1.29, 1.82) is 0 Å². The Labute approximate surface area is 98.4 Å². The molecule has 0 bridgehead atoms. The van der Waals surface area contributed by atoms with E-state index in [9.17, 15) is 4.79 Å². The van der Waals surface area contributed by atoms with Crippen molar-refractivity contribution in [3.05, 3.63) is 0 Å². The van der Waals surface area contributed by atoms with Crippen LogP contribution in [0.3, 0.4) is 0 Å². The van der Waals surface area contributed by atoms with Crippen LogP contribution >= 0.6 is 0 Å². The van der Waals surface area contributed by atoms with Crippen LogP contribution in [0.4, 0.5) is 0 Å². The number of carbonyl (C=O) groups excluding carboxylic acids is 1. The smallest absolute Gasteiger partial charge is 0.149 e. The summed E-state index contributed by atoms with van der Waals surface area (Å²) in [6.45, 7) is 1.95. The molecule has 1 unspecified atom stereocenters. The number of Topliss-reactive ketones (excluding diaryl/α,β-unsaturated/α-hetero) is 1. The van der Waals surface area contributed by atoms with E-state index >= 15 is 0 Å². The fraction of sp³-hybridized carbons (Fsp3) is 0.929. The Balaban J connectivity index is 1.57. The third-order valence-electron chi connectivity index (χ3n) is 4.75. The summed E-state index contributed by atoms with van der Waals surface area (Å²) in [6.07, 6.45) is 10.7. The van der Waals surface area contributed by atoms with Crippen molar-refractivity contribution in [3.63, 3.8) is 0 Å². The lowest BCUT2D eigenvalue weighted by atomic mass is 9.96. The van der Waals surface area contributed by atoms with Gasteiger partial charge >= 0.3 is 0 Å². The highest BCUT2D eigenvalue weighted by molar-refractivity contribution is 5.85. The number of ketones is 1. The first kappa shape index (κ1) is 10.8. The second-order valence-electron chi connectivity index (χ2n) is 5.97. The van der Waals surface area contributed by atoms with Crippen LogP contribution in [-0.4, -0.2) is 29.8 Å². The molecule has 3 rings (SSSR count). The zero-order valence-electron chi connectivity index (χ0n) is 10.2. The van der Waals surface area contributed by atoms with Crippen LogP contribution < -0.4 is 0 Å². The molecule has 1 saturated heterocycles. The van der Waals surface area contributed by atoms with Crippen LogP contribution in [0.25, 0.3) is 0 Å². The molecule has 0 amide bonds. The maximum absolute atomic E-state index is 11.9. The predicted molar refractivity (Wildman–Crippen MR) is 64.3 cm³/mol. The van der Waals surface area contributed by atoms with E-state index in [0.717, 1.165) is 18.5 Å². The molecule has 2 saturated carbocycles. The van der Waals surface area contributed by atoms with Crippen molar-refractivity contribution in [2.24, 2.45) is 11.8 Å². The average molecular weight is 221 g/mol. The molecule has 2 nitrogen and oxygen atoms in total. The Morgan fingerprint density at radius 2 is 1.75 bits per heavy atom. The van der Waals surface area contributed by atoms with Crippen LogP contribution in [0, 0.1) is 11.8 Å². The molecular formula is C14H23NO. The van der Waals surface area contributed by atoms with E-state index < -0.39 is 0 Å². The third kappa shape index (κ3) is 2.17. The molecule has 1 aliphatic heterocycles. The molecule has 90 valence electrons. The molecule has 16 heavy (non-hydrogen) atoms. The van der Waals surface area contributed by atoms with Gasteiger partial charge in [0, 0.05) is 12.0 Å². The molecule has 0 aromatic rings. The lowest BCUT2D eigenvalue weighted by Gasteiger charge is -2.28. The van der Waals surface area contributed by atoms with Crippen molar-refractivity contribution in [1.82, 2.24) is 4.90 Å². The number of hydrogen-bond acceptors (Lipinski definition) is 2. The molecule has 2 aliphatic carbocycles. The molecule has 0 aromatic heterocycles. The molecule has 0 spiro atoms. The van der Waals surface area contributed by atoms with Gasteiger partial charge in [0.25, 0.3) is 0 Å². The van der Waals surface area contributed by atoms with Crippen molar-refractivity contribution in [3.8, 4) is 0 Å². The topological polar surface area (TPSA) is 20.3 Å². The Kier molecular flexibility index (Phi) is 3.01. The zero-order valence-corrected chi connectivity index (χ0v) is 10.2. The fourth-order valence-electron chi connectivity index (χ4n) is 3.66. The maximum atomic E-state index is 11.9. The zero-order chi connectivity index (χ0) is 11.0. The van der Waals surface area contributed by atoms with Gasteiger partial charge in [0.2, 0.25) is 0 Å². The second-order valence-corrected chi connectivity index (χ2v) is 5.97. The molecule has 0 radical (unpaired) electrons. The summed E-state index contributed by atoms with van der Waals surface area (Å²) in [6, 6.07) is 0.755. The van der Waals surface area contributed by atoms with Crippen LogP contribution in [0.15, 0.2) is 0 Å². The molecule has 0 N–H and O–H groups in total. The van der Waals surface area contributed by atoms with Gasteiger partial charge in [-0.25, -0.2) is 0 Å². The van der Waals surface area contributed by atoms with Gasteiger partial charge in [-0.3, -0.25) is 9.69 Å². The van der Waals surface area contributed by atoms with Crippen molar-refractivity contribution >= 4 is 5.78 Å². The lowest BCUT2D eigenvalue weighted by Crippen LogP contribution is -2.38. The quantitative estimate of drug-likeness (QED) is 0.727. The standard InChI is InChI=1S/C14H23NO/c16-14(12-7-8-12)10-15-9-3-6-13(15)11-4-1-2-5-11/h11-13H,1-10H2. The molecule has 3 fully saturated rings. The SMILES string of the molecule is O=C(CN1CCCC1C1CCCC1)C1CC1. The summed E-state index contributed by atoms with van der Waals surface area (Å²) in [5, 5.41) is 0. The largest absolute Gasteiger partial charge is 0.298 e. The Bertz CT molecular complexity index is 266. The van der Waals surface area contributed by atoms with E-state index in [1.807, 2.05) is 0 Å². The van der Waals surface area contributed by atoms with E-state index in [1.54, 1.807) is 0 Å². The first-order valence-corrected chi connectivity index (χ1v) is 7.11. The van der Waals surface area contributed by atoms with Gasteiger partial charge in [0.1, 0.15) is 5.78 Å². The second kappa shape index (κ2) is 4.48. The molecule has 1 heterocycles. The Morgan fingerprint density at radius 1 is 1.00 bits per heavy atom. The van der Waals surface area contributed by atoms with Gasteiger partial charge in [-0.2, -0.15) is 0 Å². The van der Waals surface area contributed by atoms with Gasteiger partial charge in [-0.15, -0.1) is 0 Å². The molecule has 2 heteroatoms. The molecule has 3 aliphatic rings. The van der Waals surface area contributed by atoms with Crippen molar-refractivity contribution in [2.45, 2.75) is 57.4 Å². The van der Waals surface area contributed by atoms with E-state index in [0.29, 0.717) is 11.7 Å². The maximum Gasteiger partial charge on any atom is 0.149 e. The minimum Gasteiger partial charge on any atom is -0.298 e. The Hall–Kier alpha value is -0.370. The average Bonchev–Trinajstić information content (AvgIpc) is 2.81. The van der Waals surface area contributed by atoms with Gasteiger partial charge < -0.3 is 0 Å². The summed E-state index contributed by atoms with van der Waals surface area (Å²) in [4.78, 5) is 14.4. The monoisotopic (exact) mass is 221 g/mol. The number of likely N-dealkylation sites (tertiary alicyclic amines) is 1. The van der Waals surface area contributed by atoms with Gasteiger partial charge in [0.05, 0.1) is 6.54 Å². The minimum absolute atomic E-state index is 0.449. The summed E-state index contributed by atoms with van der Waals surface area (Å²) in [5.74, 6) is 1.89. The summed E-state index contributed by atoms with van der Waals surface area (Å²) in [5.41, 5.74) is 0. The lowest BCUT2D eigenvalue weighted by molar-refractivity contribution is -0.121. The number of nitrogens with zero attached hydrogens (tertiary/aromatic N) is 1. The predicted octanol–water partition coefficient (Wildman–Crippen LogP) is 2.62. The molecular weight excluding hydrogens is 198 g/mol. The Morgan fingerprint density at radius 3 is 2.44 bits per heavy atom. The van der Waals surface area contributed by atoms with Gasteiger partial charge in [0.15, 0.2) is 0 Å². The number of carbonyl (C=O) groups is 1. The normalized spacial score (nSPS) is 32.4. The highest BCUT2D eigenvalue weighted by Crippen LogP contribution is 2.36. The summed E-state index contributed by atoms with van der Waals surface area (Å²) in [7, 11) is 0. The third-order valence-corrected chi connectivity index (χ3v) is 4.75.